The molecule has 164 valence electrons. The standard InChI is InChI=1S/C21H38N6O2/c1-15-11-24(13-17(3)28)6-8-26(15)20-10-21(23-19(5)22-20)27-9-7-25(12-16(27)2)14-18(4)29/h10,15-18,28-29H,6-9,11-14H2,1-5H3. The number of β-amino-alcohol motifs (C(OH)–C–C–N with tert-alkyl or cyclic N) is 2. The maximum atomic E-state index is 9.68. The summed E-state index contributed by atoms with van der Waals surface area (Å²) in [5.74, 6) is 2.79. The van der Waals surface area contributed by atoms with Gasteiger partial charge in [0.25, 0.3) is 0 Å². The van der Waals surface area contributed by atoms with Crippen LogP contribution in [0.15, 0.2) is 6.07 Å². The highest BCUT2D eigenvalue weighted by atomic mass is 16.3. The van der Waals surface area contributed by atoms with Gasteiger partial charge >= 0.3 is 0 Å². The largest absolute Gasteiger partial charge is 0.392 e. The van der Waals surface area contributed by atoms with Gasteiger partial charge in [-0.2, -0.15) is 0 Å². The fraction of sp³-hybridized carbons (Fsp3) is 0.810. The van der Waals surface area contributed by atoms with Gasteiger partial charge in [0.1, 0.15) is 17.5 Å². The summed E-state index contributed by atoms with van der Waals surface area (Å²) in [5.41, 5.74) is 0. The number of aliphatic hydroxyl groups is 2. The highest BCUT2D eigenvalue weighted by Gasteiger charge is 2.29. The third-order valence-electron chi connectivity index (χ3n) is 5.87. The minimum atomic E-state index is -0.296. The molecule has 1 aromatic rings. The second-order valence-electron chi connectivity index (χ2n) is 8.93. The average Bonchev–Trinajstić information content (AvgIpc) is 2.60. The van der Waals surface area contributed by atoms with Crippen LogP contribution < -0.4 is 9.80 Å². The minimum absolute atomic E-state index is 0.296. The fourth-order valence-corrected chi connectivity index (χ4v) is 4.66. The van der Waals surface area contributed by atoms with E-state index in [2.05, 4.69) is 39.5 Å². The zero-order valence-corrected chi connectivity index (χ0v) is 18.6. The third-order valence-corrected chi connectivity index (χ3v) is 5.87. The molecule has 29 heavy (non-hydrogen) atoms. The summed E-state index contributed by atoms with van der Waals surface area (Å²) in [4.78, 5) is 18.9. The number of aliphatic hydroxyl groups excluding tert-OH is 2. The van der Waals surface area contributed by atoms with Crippen molar-refractivity contribution in [2.24, 2.45) is 0 Å². The fourth-order valence-electron chi connectivity index (χ4n) is 4.66. The molecule has 0 radical (unpaired) electrons. The van der Waals surface area contributed by atoms with Crippen LogP contribution in [0.5, 0.6) is 0 Å². The van der Waals surface area contributed by atoms with E-state index in [0.29, 0.717) is 12.1 Å². The molecular weight excluding hydrogens is 368 g/mol. The van der Waals surface area contributed by atoms with Crippen molar-refractivity contribution in [2.45, 2.75) is 58.9 Å². The summed E-state index contributed by atoms with van der Waals surface area (Å²) in [6, 6.07) is 2.81. The molecule has 8 heteroatoms. The number of nitrogens with zero attached hydrogens (tertiary/aromatic N) is 6. The van der Waals surface area contributed by atoms with Crippen molar-refractivity contribution < 1.29 is 10.2 Å². The van der Waals surface area contributed by atoms with Crippen LogP contribution in [0.3, 0.4) is 0 Å². The van der Waals surface area contributed by atoms with Crippen LogP contribution in [0.1, 0.15) is 33.5 Å². The van der Waals surface area contributed by atoms with Crippen LogP contribution in [0.25, 0.3) is 0 Å². The van der Waals surface area contributed by atoms with Crippen LogP contribution in [-0.4, -0.2) is 107 Å². The molecule has 2 N–H and O–H groups in total. The molecule has 0 saturated carbocycles. The lowest BCUT2D eigenvalue weighted by Gasteiger charge is -2.42. The van der Waals surface area contributed by atoms with Gasteiger partial charge in [-0.25, -0.2) is 9.97 Å². The molecule has 0 bridgehead atoms. The van der Waals surface area contributed by atoms with E-state index in [0.717, 1.165) is 69.8 Å². The van der Waals surface area contributed by atoms with Crippen LogP contribution in [0.2, 0.25) is 0 Å². The van der Waals surface area contributed by atoms with Gasteiger partial charge in [0, 0.05) is 70.5 Å². The summed E-state index contributed by atoms with van der Waals surface area (Å²) in [6.07, 6.45) is -0.591. The minimum Gasteiger partial charge on any atom is -0.392 e. The Balaban J connectivity index is 1.71. The SMILES string of the molecule is Cc1nc(N2CCN(CC(C)O)CC2C)cc(N2CCN(CC(C)O)CC2C)n1. The predicted molar refractivity (Wildman–Crippen MR) is 117 cm³/mol. The Morgan fingerprint density at radius 1 is 0.862 bits per heavy atom. The molecule has 2 aliphatic heterocycles. The van der Waals surface area contributed by atoms with E-state index in [9.17, 15) is 10.2 Å². The molecule has 0 aromatic carbocycles. The summed E-state index contributed by atoms with van der Waals surface area (Å²) >= 11 is 0. The first kappa shape index (κ1) is 22.2. The molecule has 2 saturated heterocycles. The zero-order valence-electron chi connectivity index (χ0n) is 18.6. The summed E-state index contributed by atoms with van der Waals surface area (Å²) in [7, 11) is 0. The Hall–Kier alpha value is -1.48. The molecule has 0 aliphatic carbocycles. The lowest BCUT2D eigenvalue weighted by Crippen LogP contribution is -2.54. The topological polar surface area (TPSA) is 79.2 Å². The lowest BCUT2D eigenvalue weighted by molar-refractivity contribution is 0.114. The predicted octanol–water partition coefficient (Wildman–Crippen LogP) is 0.568. The van der Waals surface area contributed by atoms with E-state index in [1.54, 1.807) is 0 Å². The monoisotopic (exact) mass is 406 g/mol. The second-order valence-corrected chi connectivity index (χ2v) is 8.93. The van der Waals surface area contributed by atoms with Crippen LogP contribution >= 0.6 is 0 Å². The molecule has 3 heterocycles. The van der Waals surface area contributed by atoms with Gasteiger partial charge in [-0.15, -0.1) is 0 Å². The average molecular weight is 407 g/mol. The van der Waals surface area contributed by atoms with Crippen molar-refractivity contribution in [1.29, 1.82) is 0 Å². The third kappa shape index (κ3) is 5.78. The van der Waals surface area contributed by atoms with Crippen molar-refractivity contribution in [3.05, 3.63) is 11.9 Å². The molecule has 4 unspecified atom stereocenters. The van der Waals surface area contributed by atoms with Gasteiger partial charge in [-0.05, 0) is 34.6 Å². The maximum absolute atomic E-state index is 9.68. The van der Waals surface area contributed by atoms with Crippen molar-refractivity contribution in [1.82, 2.24) is 19.8 Å². The number of piperazine rings is 2. The Morgan fingerprint density at radius 3 is 1.62 bits per heavy atom. The van der Waals surface area contributed by atoms with Gasteiger partial charge in [0.2, 0.25) is 0 Å². The summed E-state index contributed by atoms with van der Waals surface area (Å²) < 4.78 is 0. The smallest absolute Gasteiger partial charge is 0.134 e. The lowest BCUT2D eigenvalue weighted by atomic mass is 10.1. The van der Waals surface area contributed by atoms with Crippen LogP contribution in [-0.2, 0) is 0 Å². The van der Waals surface area contributed by atoms with E-state index < -0.39 is 0 Å². The van der Waals surface area contributed by atoms with E-state index in [-0.39, 0.29) is 12.2 Å². The number of anilines is 2. The first-order chi connectivity index (χ1) is 13.7. The van der Waals surface area contributed by atoms with E-state index >= 15 is 0 Å². The van der Waals surface area contributed by atoms with Crippen LogP contribution in [0, 0.1) is 6.92 Å². The molecule has 4 atom stereocenters. The maximum Gasteiger partial charge on any atom is 0.134 e. The van der Waals surface area contributed by atoms with Crippen molar-refractivity contribution in [3.8, 4) is 0 Å². The van der Waals surface area contributed by atoms with Crippen molar-refractivity contribution in [2.75, 3.05) is 62.2 Å². The van der Waals surface area contributed by atoms with Crippen molar-refractivity contribution in [3.63, 3.8) is 0 Å². The first-order valence-electron chi connectivity index (χ1n) is 10.9. The molecule has 2 aliphatic rings. The Morgan fingerprint density at radius 2 is 1.28 bits per heavy atom. The second kappa shape index (κ2) is 9.55. The molecule has 1 aromatic heterocycles. The number of rotatable bonds is 6. The van der Waals surface area contributed by atoms with Crippen LogP contribution in [0.4, 0.5) is 11.6 Å². The van der Waals surface area contributed by atoms with Gasteiger partial charge < -0.3 is 20.0 Å². The molecule has 0 amide bonds. The molecule has 2 fully saturated rings. The molecular formula is C21H38N6O2. The zero-order chi connectivity index (χ0) is 21.1. The molecule has 0 spiro atoms. The summed E-state index contributed by atoms with van der Waals surface area (Å²) in [6.45, 7) is 17.1. The quantitative estimate of drug-likeness (QED) is 0.710. The van der Waals surface area contributed by atoms with E-state index in [1.807, 2.05) is 20.8 Å². The number of aromatic nitrogens is 2. The Bertz CT molecular complexity index is 618. The van der Waals surface area contributed by atoms with Crippen molar-refractivity contribution >= 4 is 11.6 Å². The van der Waals surface area contributed by atoms with Gasteiger partial charge in [-0.1, -0.05) is 0 Å². The number of hydrogen-bond donors (Lipinski definition) is 2. The van der Waals surface area contributed by atoms with Gasteiger partial charge in [0.15, 0.2) is 0 Å². The van der Waals surface area contributed by atoms with Gasteiger partial charge in [0.05, 0.1) is 12.2 Å². The van der Waals surface area contributed by atoms with E-state index in [1.165, 1.54) is 0 Å². The Labute approximate surface area is 175 Å². The summed E-state index contributed by atoms with van der Waals surface area (Å²) in [5, 5.41) is 19.4. The highest BCUT2D eigenvalue weighted by Crippen LogP contribution is 2.25. The number of hydrogen-bond acceptors (Lipinski definition) is 8. The molecule has 8 nitrogen and oxygen atoms in total. The van der Waals surface area contributed by atoms with E-state index in [4.69, 9.17) is 9.97 Å². The normalized spacial score (nSPS) is 26.6. The van der Waals surface area contributed by atoms with Gasteiger partial charge in [-0.3, -0.25) is 9.80 Å². The highest BCUT2D eigenvalue weighted by molar-refractivity contribution is 5.53. The first-order valence-corrected chi connectivity index (χ1v) is 10.9. The number of aryl methyl sites for hydroxylation is 1. The molecule has 3 rings (SSSR count). The Kier molecular flexibility index (Phi) is 7.32.